The van der Waals surface area contributed by atoms with Gasteiger partial charge in [-0.15, -0.1) is 10.2 Å². The van der Waals surface area contributed by atoms with Gasteiger partial charge < -0.3 is 15.2 Å². The van der Waals surface area contributed by atoms with Gasteiger partial charge in [-0.1, -0.05) is 46.6 Å². The minimum atomic E-state index is -0.392. The Morgan fingerprint density at radius 1 is 1.06 bits per heavy atom. The van der Waals surface area contributed by atoms with Crippen LogP contribution in [0.25, 0.3) is 0 Å². The highest BCUT2D eigenvalue weighted by molar-refractivity contribution is 7.99. The SMILES string of the molecule is C[C@H](NC(=O)c1ccc(Cl)cc1)c1nnc(SCC(=O)Nc2ccc(Cl)cc2Cl)n1C. The van der Waals surface area contributed by atoms with Crippen molar-refractivity contribution in [2.75, 3.05) is 11.1 Å². The average Bonchev–Trinajstić information content (AvgIpc) is 3.09. The summed E-state index contributed by atoms with van der Waals surface area (Å²) in [6, 6.07) is 11.0. The molecule has 2 aromatic carbocycles. The number of nitrogens with zero attached hydrogens (tertiary/aromatic N) is 3. The first-order valence-electron chi connectivity index (χ1n) is 9.08. The molecule has 1 heterocycles. The maximum atomic E-state index is 12.4. The number of carbonyl (C=O) groups is 2. The Morgan fingerprint density at radius 2 is 1.74 bits per heavy atom. The Bertz CT molecular complexity index is 1100. The van der Waals surface area contributed by atoms with Crippen LogP contribution in [-0.4, -0.2) is 32.3 Å². The highest BCUT2D eigenvalue weighted by Crippen LogP contribution is 2.26. The van der Waals surface area contributed by atoms with Gasteiger partial charge in [0, 0.05) is 22.7 Å². The third-order valence-electron chi connectivity index (χ3n) is 4.25. The largest absolute Gasteiger partial charge is 0.342 e. The fourth-order valence-corrected chi connectivity index (χ4v) is 3.98. The molecule has 0 aliphatic carbocycles. The number of carbonyl (C=O) groups excluding carboxylic acids is 2. The molecule has 0 radical (unpaired) electrons. The standard InChI is InChI=1S/C20H18Cl3N5O2S/c1-11(24-19(30)12-3-5-13(21)6-4-12)18-26-27-20(28(18)2)31-10-17(29)25-16-8-7-14(22)9-15(16)23/h3-9,11H,10H2,1-2H3,(H,24,30)(H,25,29)/t11-/m0/s1. The van der Waals surface area contributed by atoms with Gasteiger partial charge in [0.2, 0.25) is 5.91 Å². The number of halogens is 3. The highest BCUT2D eigenvalue weighted by atomic mass is 35.5. The number of thioether (sulfide) groups is 1. The number of hydrogen-bond donors (Lipinski definition) is 2. The molecular formula is C20H18Cl3N5O2S. The number of aromatic nitrogens is 3. The summed E-state index contributed by atoms with van der Waals surface area (Å²) in [5, 5.41) is 15.8. The lowest BCUT2D eigenvalue weighted by molar-refractivity contribution is -0.113. The topological polar surface area (TPSA) is 88.9 Å². The van der Waals surface area contributed by atoms with Crippen LogP contribution in [0.15, 0.2) is 47.6 Å². The predicted octanol–water partition coefficient (Wildman–Crippen LogP) is 5.00. The Balaban J connectivity index is 1.58. The van der Waals surface area contributed by atoms with Crippen molar-refractivity contribution < 1.29 is 9.59 Å². The fraction of sp³-hybridized carbons (Fsp3) is 0.200. The summed E-state index contributed by atoms with van der Waals surface area (Å²) < 4.78 is 1.74. The van der Waals surface area contributed by atoms with Crippen LogP contribution in [0.3, 0.4) is 0 Å². The summed E-state index contributed by atoms with van der Waals surface area (Å²) in [6.07, 6.45) is 0. The minimum Gasteiger partial charge on any atom is -0.342 e. The molecule has 1 aromatic heterocycles. The predicted molar refractivity (Wildman–Crippen MR) is 124 cm³/mol. The van der Waals surface area contributed by atoms with E-state index in [1.54, 1.807) is 54.1 Å². The zero-order chi connectivity index (χ0) is 22.5. The second kappa shape index (κ2) is 10.4. The lowest BCUT2D eigenvalue weighted by atomic mass is 10.2. The van der Waals surface area contributed by atoms with Crippen molar-refractivity contribution >= 4 is 64.1 Å². The molecule has 7 nitrogen and oxygen atoms in total. The van der Waals surface area contributed by atoms with E-state index in [0.29, 0.717) is 37.3 Å². The molecule has 11 heteroatoms. The van der Waals surface area contributed by atoms with Gasteiger partial charge in [0.05, 0.1) is 22.5 Å². The molecule has 0 bridgehead atoms. The summed E-state index contributed by atoms with van der Waals surface area (Å²) in [5.41, 5.74) is 0.972. The van der Waals surface area contributed by atoms with Gasteiger partial charge in [0.25, 0.3) is 5.91 Å². The van der Waals surface area contributed by atoms with E-state index in [1.165, 1.54) is 11.8 Å². The molecule has 3 aromatic rings. The Kier molecular flexibility index (Phi) is 7.83. The number of nitrogens with one attached hydrogen (secondary N) is 2. The zero-order valence-corrected chi connectivity index (χ0v) is 19.6. The van der Waals surface area contributed by atoms with Gasteiger partial charge in [-0.2, -0.15) is 0 Å². The van der Waals surface area contributed by atoms with Crippen LogP contribution in [0.4, 0.5) is 5.69 Å². The third kappa shape index (κ3) is 6.13. The van der Waals surface area contributed by atoms with Crippen molar-refractivity contribution in [2.45, 2.75) is 18.1 Å². The molecule has 0 spiro atoms. The number of rotatable bonds is 7. The van der Waals surface area contributed by atoms with Gasteiger partial charge in [-0.25, -0.2) is 0 Å². The van der Waals surface area contributed by atoms with Crippen molar-refractivity contribution in [3.05, 3.63) is 68.9 Å². The summed E-state index contributed by atoms with van der Waals surface area (Å²) in [6.45, 7) is 1.81. The van der Waals surface area contributed by atoms with E-state index in [2.05, 4.69) is 20.8 Å². The monoisotopic (exact) mass is 497 g/mol. The average molecular weight is 499 g/mol. The van der Waals surface area contributed by atoms with Crippen LogP contribution in [0, 0.1) is 0 Å². The van der Waals surface area contributed by atoms with Crippen LogP contribution >= 0.6 is 46.6 Å². The molecular weight excluding hydrogens is 481 g/mol. The summed E-state index contributed by atoms with van der Waals surface area (Å²) in [4.78, 5) is 24.7. The zero-order valence-electron chi connectivity index (χ0n) is 16.5. The number of hydrogen-bond acceptors (Lipinski definition) is 5. The van der Waals surface area contributed by atoms with E-state index in [4.69, 9.17) is 34.8 Å². The maximum absolute atomic E-state index is 12.4. The molecule has 0 unspecified atom stereocenters. The Hall–Kier alpha value is -2.26. The van der Waals surface area contributed by atoms with Gasteiger partial charge in [-0.05, 0) is 49.4 Å². The van der Waals surface area contributed by atoms with Crippen molar-refractivity contribution in [3.63, 3.8) is 0 Å². The molecule has 0 aliphatic rings. The van der Waals surface area contributed by atoms with Crippen molar-refractivity contribution in [3.8, 4) is 0 Å². The first-order chi connectivity index (χ1) is 14.7. The van der Waals surface area contributed by atoms with Gasteiger partial charge in [-0.3, -0.25) is 9.59 Å². The van der Waals surface area contributed by atoms with E-state index in [1.807, 2.05) is 6.92 Å². The minimum absolute atomic E-state index is 0.108. The lowest BCUT2D eigenvalue weighted by Gasteiger charge is -2.13. The Labute approximate surface area is 198 Å². The van der Waals surface area contributed by atoms with Crippen molar-refractivity contribution in [1.29, 1.82) is 0 Å². The fourth-order valence-electron chi connectivity index (χ4n) is 2.68. The summed E-state index contributed by atoms with van der Waals surface area (Å²) in [7, 11) is 1.77. The van der Waals surface area contributed by atoms with E-state index >= 15 is 0 Å². The molecule has 162 valence electrons. The van der Waals surface area contributed by atoms with E-state index in [0.717, 1.165) is 0 Å². The van der Waals surface area contributed by atoms with Crippen LogP contribution in [0.2, 0.25) is 15.1 Å². The quantitative estimate of drug-likeness (QED) is 0.448. The van der Waals surface area contributed by atoms with Gasteiger partial charge in [0.1, 0.15) is 0 Å². The molecule has 0 fully saturated rings. The Morgan fingerprint density at radius 3 is 2.42 bits per heavy atom. The van der Waals surface area contributed by atoms with Gasteiger partial charge >= 0.3 is 0 Å². The molecule has 2 amide bonds. The molecule has 0 aliphatic heterocycles. The molecule has 1 atom stereocenters. The van der Waals surface area contributed by atoms with Crippen LogP contribution < -0.4 is 10.6 Å². The lowest BCUT2D eigenvalue weighted by Crippen LogP contribution is -2.28. The second-order valence-corrected chi connectivity index (χ2v) is 8.79. The third-order valence-corrected chi connectivity index (χ3v) is 6.07. The first kappa shape index (κ1) is 23.4. The molecule has 0 saturated heterocycles. The number of benzene rings is 2. The highest BCUT2D eigenvalue weighted by Gasteiger charge is 2.19. The van der Waals surface area contributed by atoms with E-state index in [9.17, 15) is 9.59 Å². The molecule has 2 N–H and O–H groups in total. The van der Waals surface area contributed by atoms with Crippen molar-refractivity contribution in [2.24, 2.45) is 7.05 Å². The number of anilines is 1. The summed E-state index contributed by atoms with van der Waals surface area (Å²) >= 11 is 19.0. The maximum Gasteiger partial charge on any atom is 0.251 e. The normalized spacial score (nSPS) is 11.8. The van der Waals surface area contributed by atoms with E-state index < -0.39 is 6.04 Å². The molecule has 31 heavy (non-hydrogen) atoms. The smallest absolute Gasteiger partial charge is 0.251 e. The first-order valence-corrected chi connectivity index (χ1v) is 11.2. The molecule has 3 rings (SSSR count). The van der Waals surface area contributed by atoms with Crippen LogP contribution in [0.5, 0.6) is 0 Å². The van der Waals surface area contributed by atoms with Crippen molar-refractivity contribution in [1.82, 2.24) is 20.1 Å². The van der Waals surface area contributed by atoms with Crippen LogP contribution in [-0.2, 0) is 11.8 Å². The molecule has 0 saturated carbocycles. The van der Waals surface area contributed by atoms with Gasteiger partial charge in [0.15, 0.2) is 11.0 Å². The van der Waals surface area contributed by atoms with Crippen LogP contribution in [0.1, 0.15) is 29.1 Å². The van der Waals surface area contributed by atoms with E-state index in [-0.39, 0.29) is 17.6 Å². The number of amides is 2. The summed E-state index contributed by atoms with van der Waals surface area (Å²) in [5.74, 6) is 0.172. The second-order valence-electron chi connectivity index (χ2n) is 6.56.